The van der Waals surface area contributed by atoms with Crippen molar-refractivity contribution in [3.8, 4) is 0 Å². The van der Waals surface area contributed by atoms with Crippen LogP contribution in [0.4, 0.5) is 0 Å². The number of carbonyl (C=O) groups excluding carboxylic acids is 2. The molecule has 0 aromatic carbocycles. The predicted molar refractivity (Wildman–Crippen MR) is 192 cm³/mol. The molecule has 0 amide bonds. The minimum Gasteiger partial charge on any atom is -0.462 e. The fraction of sp³-hybridized carbons (Fsp3) is 0.946. The van der Waals surface area contributed by atoms with Gasteiger partial charge in [0.2, 0.25) is 0 Å². The van der Waals surface area contributed by atoms with Gasteiger partial charge in [-0.3, -0.25) is 18.6 Å². The summed E-state index contributed by atoms with van der Waals surface area (Å²) in [7, 11) is -4.36. The Kier molecular flexibility index (Phi) is 34.1. The average molecular weight is 692 g/mol. The summed E-state index contributed by atoms with van der Waals surface area (Å²) in [5, 5.41) is 0. The first-order valence-electron chi connectivity index (χ1n) is 19.5. The quantitative estimate of drug-likeness (QED) is 0.0371. The smallest absolute Gasteiger partial charge is 0.462 e. The molecule has 0 saturated heterocycles. The van der Waals surface area contributed by atoms with Gasteiger partial charge < -0.3 is 20.1 Å². The van der Waals surface area contributed by atoms with Gasteiger partial charge in [0.25, 0.3) is 0 Å². The average Bonchev–Trinajstić information content (AvgIpc) is 3.05. The first-order chi connectivity index (χ1) is 22.8. The molecule has 280 valence electrons. The molecule has 0 aliphatic carbocycles. The van der Waals surface area contributed by atoms with Crippen LogP contribution in [-0.4, -0.2) is 49.3 Å². The lowest BCUT2D eigenvalue weighted by Gasteiger charge is -2.19. The molecule has 10 heteroatoms. The van der Waals surface area contributed by atoms with Crippen LogP contribution in [0.25, 0.3) is 0 Å². The summed E-state index contributed by atoms with van der Waals surface area (Å²) >= 11 is 0. The number of unbranched alkanes of at least 4 members (excludes halogenated alkanes) is 24. The lowest BCUT2D eigenvalue weighted by atomic mass is 10.0. The van der Waals surface area contributed by atoms with Gasteiger partial charge in [-0.2, -0.15) is 0 Å². The Morgan fingerprint density at radius 1 is 0.553 bits per heavy atom. The molecule has 3 N–H and O–H groups in total. The van der Waals surface area contributed by atoms with Gasteiger partial charge in [0.05, 0.1) is 13.2 Å². The van der Waals surface area contributed by atoms with Crippen molar-refractivity contribution in [2.75, 3.05) is 26.4 Å². The van der Waals surface area contributed by atoms with E-state index in [1.54, 1.807) is 0 Å². The fourth-order valence-electron chi connectivity index (χ4n) is 5.58. The van der Waals surface area contributed by atoms with Crippen molar-refractivity contribution in [3.63, 3.8) is 0 Å². The molecule has 0 heterocycles. The van der Waals surface area contributed by atoms with E-state index in [1.807, 2.05) is 0 Å². The summed E-state index contributed by atoms with van der Waals surface area (Å²) in [5.74, 6) is -0.818. The zero-order valence-corrected chi connectivity index (χ0v) is 31.4. The molecule has 2 unspecified atom stereocenters. The number of nitrogens with two attached hydrogens (primary N) is 1. The summed E-state index contributed by atoms with van der Waals surface area (Å²) in [6, 6.07) is 0. The van der Waals surface area contributed by atoms with Crippen molar-refractivity contribution in [2.24, 2.45) is 5.73 Å². The molecule has 0 bridgehead atoms. The Bertz CT molecular complexity index is 754. The standard InChI is InChI=1S/C37H74NO8P/c1-3-5-7-9-11-13-15-16-17-18-20-22-24-26-28-30-37(40)46-35(34-45-47(41,42)44-32-31-38)33-43-36(39)29-27-25-23-21-19-14-12-10-8-6-4-2/h35H,3-34,38H2,1-2H3,(H,41,42). The third kappa shape index (κ3) is 34.7. The van der Waals surface area contributed by atoms with Gasteiger partial charge in [-0.15, -0.1) is 0 Å². The molecule has 0 fully saturated rings. The van der Waals surface area contributed by atoms with Gasteiger partial charge in [-0.05, 0) is 12.8 Å². The summed E-state index contributed by atoms with van der Waals surface area (Å²) in [6.07, 6.45) is 31.3. The highest BCUT2D eigenvalue weighted by molar-refractivity contribution is 7.47. The van der Waals surface area contributed by atoms with Crippen molar-refractivity contribution in [1.82, 2.24) is 0 Å². The van der Waals surface area contributed by atoms with Crippen molar-refractivity contribution in [3.05, 3.63) is 0 Å². The number of rotatable bonds is 37. The number of carbonyl (C=O) groups is 2. The number of phosphoric ester groups is 1. The highest BCUT2D eigenvalue weighted by Crippen LogP contribution is 2.43. The highest BCUT2D eigenvalue weighted by atomic mass is 31.2. The zero-order chi connectivity index (χ0) is 34.7. The van der Waals surface area contributed by atoms with E-state index in [0.717, 1.165) is 32.1 Å². The Morgan fingerprint density at radius 2 is 0.915 bits per heavy atom. The van der Waals surface area contributed by atoms with Gasteiger partial charge in [0.1, 0.15) is 6.61 Å². The van der Waals surface area contributed by atoms with Gasteiger partial charge in [0, 0.05) is 19.4 Å². The normalized spacial score (nSPS) is 13.4. The Morgan fingerprint density at radius 3 is 1.30 bits per heavy atom. The highest BCUT2D eigenvalue weighted by Gasteiger charge is 2.26. The number of phosphoric acid groups is 1. The van der Waals surface area contributed by atoms with Crippen molar-refractivity contribution in [1.29, 1.82) is 0 Å². The van der Waals surface area contributed by atoms with Gasteiger partial charge in [-0.25, -0.2) is 4.57 Å². The number of hydrogen-bond acceptors (Lipinski definition) is 8. The maximum atomic E-state index is 12.5. The SMILES string of the molecule is CCCCCCCCCCCCCCCCCC(=O)OC(COC(=O)CCCCCCCCCCCCC)COP(=O)(O)OCCN. The third-order valence-corrected chi connectivity index (χ3v) is 9.48. The molecule has 47 heavy (non-hydrogen) atoms. The van der Waals surface area contributed by atoms with Crippen LogP contribution in [0.2, 0.25) is 0 Å². The lowest BCUT2D eigenvalue weighted by Crippen LogP contribution is -2.29. The first-order valence-corrected chi connectivity index (χ1v) is 21.0. The van der Waals surface area contributed by atoms with E-state index in [-0.39, 0.29) is 38.6 Å². The predicted octanol–water partition coefficient (Wildman–Crippen LogP) is 10.5. The molecule has 0 radical (unpaired) electrons. The van der Waals surface area contributed by atoms with Crippen LogP contribution in [0.15, 0.2) is 0 Å². The van der Waals surface area contributed by atoms with Crippen LogP contribution in [0.1, 0.15) is 194 Å². The van der Waals surface area contributed by atoms with E-state index in [1.165, 1.54) is 128 Å². The first kappa shape index (κ1) is 46.0. The van der Waals surface area contributed by atoms with Crippen LogP contribution >= 0.6 is 7.82 Å². The van der Waals surface area contributed by atoms with E-state index in [9.17, 15) is 19.0 Å². The zero-order valence-electron chi connectivity index (χ0n) is 30.5. The molecule has 9 nitrogen and oxygen atoms in total. The minimum absolute atomic E-state index is 0.0578. The molecule has 0 aromatic rings. The van der Waals surface area contributed by atoms with Crippen molar-refractivity contribution < 1.29 is 37.6 Å². The molecular weight excluding hydrogens is 617 g/mol. The maximum absolute atomic E-state index is 12.5. The monoisotopic (exact) mass is 692 g/mol. The Balaban J connectivity index is 4.17. The minimum atomic E-state index is -4.36. The van der Waals surface area contributed by atoms with E-state index in [4.69, 9.17) is 24.3 Å². The van der Waals surface area contributed by atoms with Crippen molar-refractivity contribution >= 4 is 19.8 Å². The van der Waals surface area contributed by atoms with E-state index in [0.29, 0.717) is 6.42 Å². The Hall–Kier alpha value is -0.990. The van der Waals surface area contributed by atoms with Crippen LogP contribution in [0, 0.1) is 0 Å². The third-order valence-electron chi connectivity index (χ3n) is 8.49. The molecule has 0 saturated carbocycles. The van der Waals surface area contributed by atoms with E-state index >= 15 is 0 Å². The second kappa shape index (κ2) is 34.9. The summed E-state index contributed by atoms with van der Waals surface area (Å²) in [5.41, 5.74) is 5.33. The van der Waals surface area contributed by atoms with Crippen LogP contribution in [0.5, 0.6) is 0 Å². The number of esters is 2. The maximum Gasteiger partial charge on any atom is 0.472 e. The largest absolute Gasteiger partial charge is 0.472 e. The van der Waals surface area contributed by atoms with Gasteiger partial charge in [0.15, 0.2) is 6.10 Å². The molecule has 0 spiro atoms. The van der Waals surface area contributed by atoms with Crippen LogP contribution in [0.3, 0.4) is 0 Å². The Labute approximate surface area is 288 Å². The van der Waals surface area contributed by atoms with Crippen LogP contribution in [-0.2, 0) is 32.7 Å². The van der Waals surface area contributed by atoms with E-state index < -0.39 is 26.5 Å². The summed E-state index contributed by atoms with van der Waals surface area (Å²) in [4.78, 5) is 34.7. The van der Waals surface area contributed by atoms with E-state index in [2.05, 4.69) is 13.8 Å². The number of hydrogen-bond donors (Lipinski definition) is 2. The fourth-order valence-corrected chi connectivity index (χ4v) is 6.34. The van der Waals surface area contributed by atoms with Crippen molar-refractivity contribution in [2.45, 2.75) is 200 Å². The molecule has 0 rings (SSSR count). The topological polar surface area (TPSA) is 134 Å². The lowest BCUT2D eigenvalue weighted by molar-refractivity contribution is -0.161. The van der Waals surface area contributed by atoms with Gasteiger partial charge >= 0.3 is 19.8 Å². The molecule has 0 aromatic heterocycles. The van der Waals surface area contributed by atoms with Gasteiger partial charge in [-0.1, -0.05) is 168 Å². The molecular formula is C37H74NO8P. The summed E-state index contributed by atoms with van der Waals surface area (Å²) < 4.78 is 32.6. The summed E-state index contributed by atoms with van der Waals surface area (Å²) in [6.45, 7) is 3.74. The number of ether oxygens (including phenoxy) is 2. The molecule has 0 aliphatic rings. The molecule has 2 atom stereocenters. The molecule has 0 aliphatic heterocycles. The second-order valence-electron chi connectivity index (χ2n) is 13.2. The van der Waals surface area contributed by atoms with Crippen LogP contribution < -0.4 is 5.73 Å². The second-order valence-corrected chi connectivity index (χ2v) is 14.6.